The number of aliphatic hydroxyl groups is 1. The van der Waals surface area contributed by atoms with Crippen LogP contribution in [0, 0.1) is 6.92 Å². The number of esters is 3. The Morgan fingerprint density at radius 2 is 1.22 bits per heavy atom. The molecule has 10 nitrogen and oxygen atoms in total. The van der Waals surface area contributed by atoms with Crippen LogP contribution in [0.1, 0.15) is 52.0 Å². The molecule has 0 aromatic heterocycles. The third-order valence-corrected chi connectivity index (χ3v) is 6.26. The second kappa shape index (κ2) is 18.7. The highest BCUT2D eigenvalue weighted by Crippen LogP contribution is 2.26. The van der Waals surface area contributed by atoms with E-state index < -0.39 is 24.2 Å². The van der Waals surface area contributed by atoms with Gasteiger partial charge in [-0.3, -0.25) is 0 Å². The van der Waals surface area contributed by atoms with Gasteiger partial charge >= 0.3 is 17.9 Å². The van der Waals surface area contributed by atoms with Crippen LogP contribution in [0.5, 0.6) is 23.0 Å². The Bertz CT molecular complexity index is 1410. The van der Waals surface area contributed by atoms with Crippen molar-refractivity contribution in [2.45, 2.75) is 38.9 Å². The number of hydrogen-bond donors (Lipinski definition) is 1. The molecule has 0 fully saturated rings. The third kappa shape index (κ3) is 12.3. The number of carbonyl (C=O) groups excluding carboxylic acids is 3. The predicted molar refractivity (Wildman–Crippen MR) is 167 cm³/mol. The van der Waals surface area contributed by atoms with Crippen molar-refractivity contribution in [1.29, 1.82) is 0 Å². The van der Waals surface area contributed by atoms with Crippen molar-refractivity contribution in [1.82, 2.24) is 0 Å². The molecular weight excluding hydrogens is 580 g/mol. The second-order valence-electron chi connectivity index (χ2n) is 9.73. The van der Waals surface area contributed by atoms with E-state index in [9.17, 15) is 19.5 Å². The SMILES string of the molecule is C=CC(=O)OCCCCOc1ccc(C(=O)Oc2ccc(OC(=O)c3ccc(OCCCCOC(O)C=C)cc3)c(C)c2)cc1. The van der Waals surface area contributed by atoms with Crippen molar-refractivity contribution >= 4 is 17.9 Å². The normalized spacial score (nSPS) is 11.2. The topological polar surface area (TPSA) is 127 Å². The number of ether oxygens (including phenoxy) is 6. The molecule has 10 heteroatoms. The molecule has 238 valence electrons. The molecule has 0 saturated heterocycles. The van der Waals surface area contributed by atoms with Gasteiger partial charge in [-0.25, -0.2) is 14.4 Å². The molecule has 1 N–H and O–H groups in total. The molecule has 0 aliphatic rings. The average molecular weight is 619 g/mol. The van der Waals surface area contributed by atoms with E-state index in [2.05, 4.69) is 13.2 Å². The summed E-state index contributed by atoms with van der Waals surface area (Å²) in [5, 5.41) is 9.27. The number of hydrogen-bond acceptors (Lipinski definition) is 10. The third-order valence-electron chi connectivity index (χ3n) is 6.26. The zero-order valence-corrected chi connectivity index (χ0v) is 25.3. The molecule has 3 aromatic carbocycles. The first-order chi connectivity index (χ1) is 21.8. The van der Waals surface area contributed by atoms with Crippen molar-refractivity contribution in [3.05, 3.63) is 109 Å². The number of unbranched alkanes of at least 4 members (excludes halogenated alkanes) is 2. The Labute approximate surface area is 262 Å². The highest BCUT2D eigenvalue weighted by atomic mass is 16.6. The van der Waals surface area contributed by atoms with Crippen molar-refractivity contribution in [3.8, 4) is 23.0 Å². The highest BCUT2D eigenvalue weighted by Gasteiger charge is 2.14. The van der Waals surface area contributed by atoms with Crippen molar-refractivity contribution in [3.63, 3.8) is 0 Å². The first-order valence-corrected chi connectivity index (χ1v) is 14.5. The van der Waals surface area contributed by atoms with Gasteiger partial charge < -0.3 is 33.5 Å². The Balaban J connectivity index is 1.41. The van der Waals surface area contributed by atoms with Gasteiger partial charge in [0.05, 0.1) is 37.6 Å². The van der Waals surface area contributed by atoms with Crippen LogP contribution in [-0.4, -0.2) is 55.7 Å². The van der Waals surface area contributed by atoms with Gasteiger partial charge in [0.2, 0.25) is 0 Å². The molecule has 0 amide bonds. The molecule has 1 atom stereocenters. The zero-order valence-electron chi connectivity index (χ0n) is 25.3. The number of carbonyl (C=O) groups is 3. The quantitative estimate of drug-likeness (QED) is 0.0427. The van der Waals surface area contributed by atoms with Crippen LogP contribution < -0.4 is 18.9 Å². The Kier molecular flexibility index (Phi) is 14.3. The minimum absolute atomic E-state index is 0.301. The molecule has 3 rings (SSSR count). The van der Waals surface area contributed by atoms with E-state index in [-0.39, 0.29) is 0 Å². The van der Waals surface area contributed by atoms with Crippen molar-refractivity contribution < 1.29 is 47.9 Å². The lowest BCUT2D eigenvalue weighted by atomic mass is 10.2. The molecule has 0 spiro atoms. The monoisotopic (exact) mass is 618 g/mol. The summed E-state index contributed by atoms with van der Waals surface area (Å²) in [6, 6.07) is 17.9. The van der Waals surface area contributed by atoms with E-state index in [0.29, 0.717) is 79.0 Å². The summed E-state index contributed by atoms with van der Waals surface area (Å²) < 4.78 is 32.4. The van der Waals surface area contributed by atoms with E-state index in [1.165, 1.54) is 6.08 Å². The van der Waals surface area contributed by atoms with Gasteiger partial charge in [-0.05, 0) is 111 Å². The van der Waals surface area contributed by atoms with E-state index >= 15 is 0 Å². The minimum atomic E-state index is -0.958. The molecule has 0 aliphatic heterocycles. The summed E-state index contributed by atoms with van der Waals surface area (Å²) >= 11 is 0. The van der Waals surface area contributed by atoms with Crippen LogP contribution in [0.2, 0.25) is 0 Å². The lowest BCUT2D eigenvalue weighted by Crippen LogP contribution is -2.11. The van der Waals surface area contributed by atoms with E-state index in [4.69, 9.17) is 28.4 Å². The lowest BCUT2D eigenvalue weighted by Gasteiger charge is -2.11. The number of rotatable bonds is 19. The maximum absolute atomic E-state index is 12.7. The molecule has 1 unspecified atom stereocenters. The molecular formula is C35H38O10. The van der Waals surface area contributed by atoms with Gasteiger partial charge in [-0.1, -0.05) is 13.2 Å². The fraction of sp³-hybridized carbons (Fsp3) is 0.286. The maximum Gasteiger partial charge on any atom is 0.343 e. The largest absolute Gasteiger partial charge is 0.494 e. The van der Waals surface area contributed by atoms with Crippen molar-refractivity contribution in [2.24, 2.45) is 0 Å². The molecule has 0 saturated carbocycles. The molecule has 45 heavy (non-hydrogen) atoms. The van der Waals surface area contributed by atoms with Crippen LogP contribution in [0.4, 0.5) is 0 Å². The summed E-state index contributed by atoms with van der Waals surface area (Å²) in [5.41, 5.74) is 1.31. The summed E-state index contributed by atoms with van der Waals surface area (Å²) in [6.07, 6.45) is 4.29. The Morgan fingerprint density at radius 1 is 0.711 bits per heavy atom. The number of benzene rings is 3. The molecule has 3 aromatic rings. The fourth-order valence-electron chi connectivity index (χ4n) is 3.79. The molecule has 0 aliphatic carbocycles. The van der Waals surface area contributed by atoms with Crippen molar-refractivity contribution in [2.75, 3.05) is 26.4 Å². The zero-order chi connectivity index (χ0) is 32.4. The predicted octanol–water partition coefficient (Wildman–Crippen LogP) is 6.00. The van der Waals surface area contributed by atoms with Gasteiger partial charge in [-0.2, -0.15) is 0 Å². The van der Waals surface area contributed by atoms with Gasteiger partial charge in [-0.15, -0.1) is 0 Å². The molecule has 0 bridgehead atoms. The minimum Gasteiger partial charge on any atom is -0.494 e. The Hall–Kier alpha value is -4.93. The summed E-state index contributed by atoms with van der Waals surface area (Å²) in [4.78, 5) is 36.4. The fourth-order valence-corrected chi connectivity index (χ4v) is 3.79. The maximum atomic E-state index is 12.7. The summed E-state index contributed by atoms with van der Waals surface area (Å²) in [6.45, 7) is 10.1. The van der Waals surface area contributed by atoms with Crippen LogP contribution >= 0.6 is 0 Å². The van der Waals surface area contributed by atoms with Crippen LogP contribution in [-0.2, 0) is 14.3 Å². The van der Waals surface area contributed by atoms with E-state index in [1.54, 1.807) is 73.7 Å². The summed E-state index contributed by atoms with van der Waals surface area (Å²) in [7, 11) is 0. The highest BCUT2D eigenvalue weighted by molar-refractivity contribution is 5.92. The van der Waals surface area contributed by atoms with E-state index in [0.717, 1.165) is 18.9 Å². The van der Waals surface area contributed by atoms with Crippen LogP contribution in [0.15, 0.2) is 92.0 Å². The molecule has 0 radical (unpaired) electrons. The van der Waals surface area contributed by atoms with Gasteiger partial charge in [0.1, 0.15) is 23.0 Å². The van der Waals surface area contributed by atoms with Gasteiger partial charge in [0, 0.05) is 6.08 Å². The first-order valence-electron chi connectivity index (χ1n) is 14.5. The Morgan fingerprint density at radius 3 is 1.76 bits per heavy atom. The standard InChI is InChI=1S/C35H38O10/c1-4-32(36)42-22-8-6-20-40-28-14-10-26(11-15-28)34(38)44-30-18-19-31(25(3)24-30)45-35(39)27-12-16-29(17-13-27)41-21-7-9-23-43-33(37)5-2/h4-5,10-19,24,33,37H,1-2,6-9,20-23H2,3H3. The number of aryl methyl sites for hydroxylation is 1. The average Bonchev–Trinajstić information content (AvgIpc) is 3.05. The first kappa shape index (κ1) is 34.6. The lowest BCUT2D eigenvalue weighted by molar-refractivity contribution is -0.137. The van der Waals surface area contributed by atoms with Gasteiger partial charge in [0.25, 0.3) is 0 Å². The molecule has 0 heterocycles. The smallest absolute Gasteiger partial charge is 0.343 e. The summed E-state index contributed by atoms with van der Waals surface area (Å²) in [5.74, 6) is 0.327. The number of aliphatic hydroxyl groups excluding tert-OH is 1. The van der Waals surface area contributed by atoms with Gasteiger partial charge in [0.15, 0.2) is 6.29 Å². The van der Waals surface area contributed by atoms with E-state index in [1.807, 2.05) is 0 Å². The van der Waals surface area contributed by atoms with Crippen LogP contribution in [0.25, 0.3) is 0 Å². The van der Waals surface area contributed by atoms with Crippen LogP contribution in [0.3, 0.4) is 0 Å². The second-order valence-corrected chi connectivity index (χ2v) is 9.73.